The molecule has 1 rings (SSSR count). The van der Waals surface area contributed by atoms with Crippen LogP contribution in [-0.2, 0) is 30.8 Å². The van der Waals surface area contributed by atoms with Crippen molar-refractivity contribution in [1.82, 2.24) is 9.62 Å². The Hall–Kier alpha value is -2.46. The van der Waals surface area contributed by atoms with Crippen molar-refractivity contribution in [2.75, 3.05) is 13.1 Å². The van der Waals surface area contributed by atoms with E-state index < -0.39 is 34.0 Å². The van der Waals surface area contributed by atoms with Crippen LogP contribution in [0.25, 0.3) is 0 Å². The van der Waals surface area contributed by atoms with Gasteiger partial charge in [0.25, 0.3) is 5.91 Å². The van der Waals surface area contributed by atoms with Crippen LogP contribution in [0.15, 0.2) is 29.2 Å². The fraction of sp³-hybridized carbons (Fsp3) is 0.471. The summed E-state index contributed by atoms with van der Waals surface area (Å²) in [6.07, 6.45) is -0.836. The van der Waals surface area contributed by atoms with E-state index >= 15 is 0 Å². The third kappa shape index (κ3) is 6.65. The molecule has 0 aromatic heterocycles. The molecule has 0 heterocycles. The number of amides is 3. The number of nitrogens with two attached hydrogens (primary N) is 1. The normalized spacial score (nSPS) is 12.4. The van der Waals surface area contributed by atoms with Gasteiger partial charge in [0.1, 0.15) is 0 Å². The van der Waals surface area contributed by atoms with Crippen molar-refractivity contribution in [3.8, 4) is 0 Å². The van der Waals surface area contributed by atoms with Gasteiger partial charge in [-0.1, -0.05) is 26.0 Å². The molecule has 1 aromatic carbocycles. The molecule has 150 valence electrons. The molecule has 0 spiro atoms. The van der Waals surface area contributed by atoms with Crippen LogP contribution in [0.3, 0.4) is 0 Å². The van der Waals surface area contributed by atoms with Gasteiger partial charge < -0.3 is 10.5 Å². The zero-order chi connectivity index (χ0) is 20.6. The number of sulfonamides is 1. The number of aryl methyl sites for hydroxylation is 1. The van der Waals surface area contributed by atoms with Gasteiger partial charge in [-0.3, -0.25) is 14.9 Å². The number of benzene rings is 1. The summed E-state index contributed by atoms with van der Waals surface area (Å²) in [7, 11) is -3.53. The predicted molar refractivity (Wildman–Crippen MR) is 98.1 cm³/mol. The minimum Gasteiger partial charge on any atom is -0.453 e. The predicted octanol–water partition coefficient (Wildman–Crippen LogP) is 0.776. The Bertz CT molecular complexity index is 772. The minimum absolute atomic E-state index is 0.00364. The molecule has 9 nitrogen and oxygen atoms in total. The maximum absolute atomic E-state index is 12.4. The highest BCUT2D eigenvalue weighted by atomic mass is 32.2. The summed E-state index contributed by atoms with van der Waals surface area (Å²) < 4.78 is 31.1. The Labute approximate surface area is 158 Å². The van der Waals surface area contributed by atoms with Crippen molar-refractivity contribution >= 4 is 27.9 Å². The number of imide groups is 1. The van der Waals surface area contributed by atoms with E-state index in [-0.39, 0.29) is 11.3 Å². The van der Waals surface area contributed by atoms with E-state index in [0.29, 0.717) is 19.5 Å². The lowest BCUT2D eigenvalue weighted by atomic mass is 10.1. The number of hydrogen-bond donors (Lipinski definition) is 2. The number of carbonyl (C=O) groups is 3. The molecule has 0 aliphatic carbocycles. The van der Waals surface area contributed by atoms with E-state index in [9.17, 15) is 22.8 Å². The molecule has 0 radical (unpaired) electrons. The average molecular weight is 399 g/mol. The van der Waals surface area contributed by atoms with Crippen molar-refractivity contribution in [2.24, 2.45) is 5.73 Å². The van der Waals surface area contributed by atoms with E-state index in [1.54, 1.807) is 26.0 Å². The van der Waals surface area contributed by atoms with Crippen molar-refractivity contribution in [1.29, 1.82) is 0 Å². The SMILES string of the molecule is CCN(CC)S(=O)(=O)c1ccc(CCC(=O)OC(C)C(=O)NC(N)=O)cc1. The first-order chi connectivity index (χ1) is 12.6. The van der Waals surface area contributed by atoms with E-state index in [2.05, 4.69) is 0 Å². The summed E-state index contributed by atoms with van der Waals surface area (Å²) >= 11 is 0. The molecule has 27 heavy (non-hydrogen) atoms. The molecule has 0 bridgehead atoms. The number of nitrogens with zero attached hydrogens (tertiary/aromatic N) is 1. The molecule has 3 N–H and O–H groups in total. The van der Waals surface area contributed by atoms with Gasteiger partial charge in [-0.05, 0) is 31.0 Å². The van der Waals surface area contributed by atoms with E-state index in [1.807, 2.05) is 5.32 Å². The second-order valence-corrected chi connectivity index (χ2v) is 7.66. The van der Waals surface area contributed by atoms with Crippen LogP contribution in [-0.4, -0.2) is 49.8 Å². The highest BCUT2D eigenvalue weighted by Gasteiger charge is 2.21. The lowest BCUT2D eigenvalue weighted by Crippen LogP contribution is -2.42. The van der Waals surface area contributed by atoms with Gasteiger partial charge in [0.05, 0.1) is 4.90 Å². The number of primary amides is 1. The Morgan fingerprint density at radius 3 is 2.19 bits per heavy atom. The molecule has 0 saturated heterocycles. The molecule has 0 saturated carbocycles. The lowest BCUT2D eigenvalue weighted by Gasteiger charge is -2.18. The van der Waals surface area contributed by atoms with Crippen LogP contribution in [0.1, 0.15) is 32.8 Å². The Morgan fingerprint density at radius 2 is 1.70 bits per heavy atom. The van der Waals surface area contributed by atoms with Crippen LogP contribution >= 0.6 is 0 Å². The Kier molecular flexibility index (Phi) is 8.38. The van der Waals surface area contributed by atoms with Crippen molar-refractivity contribution < 1.29 is 27.5 Å². The number of hydrogen-bond acceptors (Lipinski definition) is 6. The number of carbonyl (C=O) groups excluding carboxylic acids is 3. The second kappa shape index (κ2) is 10.0. The lowest BCUT2D eigenvalue weighted by molar-refractivity contribution is -0.154. The maximum Gasteiger partial charge on any atom is 0.318 e. The van der Waals surface area contributed by atoms with Crippen LogP contribution in [0, 0.1) is 0 Å². The molecule has 1 aromatic rings. The van der Waals surface area contributed by atoms with Crippen molar-refractivity contribution in [3.63, 3.8) is 0 Å². The minimum atomic E-state index is -3.53. The van der Waals surface area contributed by atoms with Crippen LogP contribution in [0.2, 0.25) is 0 Å². The number of urea groups is 1. The Balaban J connectivity index is 2.63. The molecule has 0 aliphatic rings. The monoisotopic (exact) mass is 399 g/mol. The standard InChI is InChI=1S/C17H25N3O6S/c1-4-20(5-2)27(24,25)14-9-6-13(7-10-14)8-11-15(21)26-12(3)16(22)19-17(18)23/h6-7,9-10,12H,4-5,8,11H2,1-3H3,(H3,18,19,22,23). The molecular formula is C17H25N3O6S. The smallest absolute Gasteiger partial charge is 0.318 e. The number of rotatable bonds is 9. The van der Waals surface area contributed by atoms with E-state index in [0.717, 1.165) is 5.56 Å². The zero-order valence-electron chi connectivity index (χ0n) is 15.6. The molecule has 1 atom stereocenters. The van der Waals surface area contributed by atoms with Gasteiger partial charge in [-0.2, -0.15) is 4.31 Å². The molecule has 0 fully saturated rings. The summed E-state index contributed by atoms with van der Waals surface area (Å²) in [6, 6.07) is 5.23. The fourth-order valence-electron chi connectivity index (χ4n) is 2.32. The zero-order valence-corrected chi connectivity index (χ0v) is 16.4. The molecule has 10 heteroatoms. The van der Waals surface area contributed by atoms with Crippen LogP contribution in [0.5, 0.6) is 0 Å². The second-order valence-electron chi connectivity index (χ2n) is 5.72. The summed E-state index contributed by atoms with van der Waals surface area (Å²) in [4.78, 5) is 34.0. The highest BCUT2D eigenvalue weighted by Crippen LogP contribution is 2.17. The van der Waals surface area contributed by atoms with Gasteiger partial charge in [-0.25, -0.2) is 13.2 Å². The molecule has 0 aliphatic heterocycles. The molecule has 1 unspecified atom stereocenters. The van der Waals surface area contributed by atoms with Gasteiger partial charge in [0, 0.05) is 19.5 Å². The fourth-order valence-corrected chi connectivity index (χ4v) is 3.78. The topological polar surface area (TPSA) is 136 Å². The van der Waals surface area contributed by atoms with Gasteiger partial charge >= 0.3 is 12.0 Å². The largest absolute Gasteiger partial charge is 0.453 e. The summed E-state index contributed by atoms with van der Waals surface area (Å²) in [6.45, 7) is 5.63. The van der Waals surface area contributed by atoms with Gasteiger partial charge in [0.15, 0.2) is 6.10 Å². The summed E-state index contributed by atoms with van der Waals surface area (Å²) in [5, 5.41) is 1.82. The summed E-state index contributed by atoms with van der Waals surface area (Å²) in [5.74, 6) is -1.43. The third-order valence-corrected chi connectivity index (χ3v) is 5.87. The van der Waals surface area contributed by atoms with E-state index in [4.69, 9.17) is 10.5 Å². The quantitative estimate of drug-likeness (QED) is 0.589. The summed E-state index contributed by atoms with van der Waals surface area (Å²) in [5.41, 5.74) is 5.57. The van der Waals surface area contributed by atoms with Gasteiger partial charge in [0.2, 0.25) is 10.0 Å². The van der Waals surface area contributed by atoms with Crippen molar-refractivity contribution in [2.45, 2.75) is 44.6 Å². The highest BCUT2D eigenvalue weighted by molar-refractivity contribution is 7.89. The number of nitrogens with one attached hydrogen (secondary N) is 1. The first-order valence-electron chi connectivity index (χ1n) is 8.50. The molecule has 3 amide bonds. The first-order valence-corrected chi connectivity index (χ1v) is 9.94. The Morgan fingerprint density at radius 1 is 1.15 bits per heavy atom. The van der Waals surface area contributed by atoms with Crippen LogP contribution < -0.4 is 11.1 Å². The first kappa shape index (κ1) is 22.6. The van der Waals surface area contributed by atoms with Crippen LogP contribution in [0.4, 0.5) is 4.79 Å². The number of esters is 1. The number of ether oxygens (including phenoxy) is 1. The third-order valence-electron chi connectivity index (χ3n) is 3.81. The van der Waals surface area contributed by atoms with Gasteiger partial charge in [-0.15, -0.1) is 0 Å². The maximum atomic E-state index is 12.4. The van der Waals surface area contributed by atoms with E-state index in [1.165, 1.54) is 23.4 Å². The molecular weight excluding hydrogens is 374 g/mol. The average Bonchev–Trinajstić information content (AvgIpc) is 2.60. The van der Waals surface area contributed by atoms with Crippen molar-refractivity contribution in [3.05, 3.63) is 29.8 Å².